The van der Waals surface area contributed by atoms with E-state index < -0.39 is 0 Å². The summed E-state index contributed by atoms with van der Waals surface area (Å²) in [7, 11) is 0. The number of para-hydroxylation sites is 2. The third-order valence-electron chi connectivity index (χ3n) is 10.9. The smallest absolute Gasteiger partial charge is 0.179 e. The first kappa shape index (κ1) is 25.8. The Labute approximate surface area is 250 Å². The van der Waals surface area contributed by atoms with E-state index in [1.54, 1.807) is 11.1 Å². The van der Waals surface area contributed by atoms with E-state index >= 15 is 0 Å². The first-order chi connectivity index (χ1) is 20.4. The zero-order valence-corrected chi connectivity index (χ0v) is 25.6. The van der Waals surface area contributed by atoms with Gasteiger partial charge in [0.1, 0.15) is 6.17 Å². The van der Waals surface area contributed by atoms with Crippen LogP contribution in [0.4, 0.5) is 23.0 Å². The average Bonchev–Trinajstić information content (AvgIpc) is 3.67. The lowest BCUT2D eigenvalue weighted by Gasteiger charge is -2.63. The molecule has 4 nitrogen and oxygen atoms in total. The number of fused-ring (bicyclic) bond motifs is 10. The number of aromatic nitrogens is 2. The van der Waals surface area contributed by atoms with Crippen LogP contribution in [0.15, 0.2) is 90.1 Å². The van der Waals surface area contributed by atoms with E-state index in [2.05, 4.69) is 124 Å². The van der Waals surface area contributed by atoms with Gasteiger partial charge in [-0.05, 0) is 66.0 Å². The second-order valence-corrected chi connectivity index (χ2v) is 13.2. The molecule has 2 aliphatic carbocycles. The summed E-state index contributed by atoms with van der Waals surface area (Å²) in [6.45, 7) is 13.9. The molecule has 3 atom stereocenters. The van der Waals surface area contributed by atoms with Crippen LogP contribution >= 0.6 is 0 Å². The van der Waals surface area contributed by atoms with Gasteiger partial charge in [-0.3, -0.25) is 0 Å². The lowest BCUT2D eigenvalue weighted by atomic mass is 9.47. The minimum Gasteiger partial charge on any atom is -0.301 e. The van der Waals surface area contributed by atoms with Crippen molar-refractivity contribution in [3.05, 3.63) is 107 Å². The minimum absolute atomic E-state index is 0.0166. The maximum absolute atomic E-state index is 5.61. The molecule has 4 heteroatoms. The van der Waals surface area contributed by atoms with Gasteiger partial charge < -0.3 is 9.80 Å². The van der Waals surface area contributed by atoms with E-state index in [0.29, 0.717) is 11.8 Å². The predicted molar refractivity (Wildman–Crippen MR) is 173 cm³/mol. The number of anilines is 4. The van der Waals surface area contributed by atoms with Crippen LogP contribution in [-0.2, 0) is 5.41 Å². The minimum atomic E-state index is 0.0166. The number of allylic oxidation sites excluding steroid dienone is 1. The summed E-state index contributed by atoms with van der Waals surface area (Å²) in [5.74, 6) is 2.73. The lowest BCUT2D eigenvalue weighted by Crippen LogP contribution is -2.66. The molecule has 4 aromatic rings. The Morgan fingerprint density at radius 1 is 0.762 bits per heavy atom. The molecule has 42 heavy (non-hydrogen) atoms. The molecular weight excluding hydrogens is 512 g/mol. The van der Waals surface area contributed by atoms with Gasteiger partial charge in [-0.15, -0.1) is 0 Å². The monoisotopic (exact) mass is 552 g/mol. The fraction of sp³-hybridized carbons (Fsp3) is 0.368. The van der Waals surface area contributed by atoms with Crippen molar-refractivity contribution in [1.29, 1.82) is 0 Å². The Bertz CT molecular complexity index is 1740. The molecular formula is C38H40N4. The molecule has 0 spiro atoms. The number of hydrogen-bond acceptors (Lipinski definition) is 4. The molecule has 0 amide bonds. The summed E-state index contributed by atoms with van der Waals surface area (Å²) in [6.07, 6.45) is 5.51. The molecule has 0 radical (unpaired) electrons. The largest absolute Gasteiger partial charge is 0.301 e. The van der Waals surface area contributed by atoms with E-state index in [1.165, 1.54) is 40.0 Å². The van der Waals surface area contributed by atoms with Crippen molar-refractivity contribution in [3.8, 4) is 11.3 Å². The van der Waals surface area contributed by atoms with Crippen LogP contribution in [0.3, 0.4) is 0 Å². The van der Waals surface area contributed by atoms with Crippen LogP contribution in [0.1, 0.15) is 89.3 Å². The second-order valence-electron chi connectivity index (χ2n) is 13.2. The van der Waals surface area contributed by atoms with E-state index in [1.807, 2.05) is 6.20 Å². The van der Waals surface area contributed by atoms with Crippen molar-refractivity contribution >= 4 is 23.0 Å². The summed E-state index contributed by atoms with van der Waals surface area (Å²) in [4.78, 5) is 16.0. The molecule has 4 aliphatic rings. The molecule has 0 fully saturated rings. The molecule has 1 aromatic heterocycles. The quantitative estimate of drug-likeness (QED) is 0.223. The van der Waals surface area contributed by atoms with Crippen molar-refractivity contribution in [2.24, 2.45) is 5.41 Å². The van der Waals surface area contributed by atoms with Gasteiger partial charge in [0.05, 0.1) is 11.9 Å². The van der Waals surface area contributed by atoms with Gasteiger partial charge >= 0.3 is 0 Å². The van der Waals surface area contributed by atoms with Gasteiger partial charge in [0.25, 0.3) is 0 Å². The summed E-state index contributed by atoms with van der Waals surface area (Å²) in [5, 5.41) is 0. The van der Waals surface area contributed by atoms with Crippen LogP contribution in [0, 0.1) is 5.41 Å². The highest BCUT2D eigenvalue weighted by Crippen LogP contribution is 2.81. The highest BCUT2D eigenvalue weighted by atomic mass is 15.5. The molecule has 3 unspecified atom stereocenters. The van der Waals surface area contributed by atoms with E-state index in [9.17, 15) is 0 Å². The summed E-state index contributed by atoms with van der Waals surface area (Å²) < 4.78 is 0. The fourth-order valence-electron chi connectivity index (χ4n) is 9.23. The highest BCUT2D eigenvalue weighted by Gasteiger charge is 2.77. The summed E-state index contributed by atoms with van der Waals surface area (Å²) in [6, 6.07) is 26.8. The molecule has 0 bridgehead atoms. The van der Waals surface area contributed by atoms with Crippen molar-refractivity contribution in [1.82, 2.24) is 9.97 Å². The SMILES string of the molecule is CCC12C3=C(C3)C1(CC)C1N(c3ccccc3)c3ncc(-c4c(C(C)C)cccc4C(C)C)nc3N1c1ccccc12. The lowest BCUT2D eigenvalue weighted by molar-refractivity contribution is 0.122. The molecule has 0 N–H and O–H groups in total. The maximum atomic E-state index is 5.61. The topological polar surface area (TPSA) is 32.3 Å². The van der Waals surface area contributed by atoms with Crippen LogP contribution in [0.2, 0.25) is 0 Å². The number of hydrogen-bond donors (Lipinski definition) is 0. The fourth-order valence-corrected chi connectivity index (χ4v) is 9.23. The van der Waals surface area contributed by atoms with Crippen molar-refractivity contribution in [2.45, 2.75) is 84.2 Å². The normalized spacial score (nSPS) is 24.7. The van der Waals surface area contributed by atoms with Gasteiger partial charge in [0.2, 0.25) is 0 Å². The molecule has 2 aliphatic heterocycles. The standard InChI is InChI=1S/C38H40N4/c1-7-37-28-19-12-13-20-32(28)42-35-34(39-22-31(40-35)33-26(23(3)4)17-14-18-27(33)24(5)6)41(25-15-10-9-11-16-25)36(42)38(37,8-2)30-21-29(30)37/h9-20,22-24,36H,7-8,21H2,1-6H3. The average molecular weight is 553 g/mol. The molecule has 0 saturated carbocycles. The molecule has 8 rings (SSSR count). The Morgan fingerprint density at radius 3 is 2.12 bits per heavy atom. The van der Waals surface area contributed by atoms with Gasteiger partial charge in [-0.25, -0.2) is 9.97 Å². The predicted octanol–water partition coefficient (Wildman–Crippen LogP) is 9.78. The van der Waals surface area contributed by atoms with Gasteiger partial charge in [-0.2, -0.15) is 0 Å². The first-order valence-corrected chi connectivity index (χ1v) is 15.9. The molecule has 212 valence electrons. The van der Waals surface area contributed by atoms with Gasteiger partial charge in [-0.1, -0.05) is 107 Å². The van der Waals surface area contributed by atoms with Crippen LogP contribution < -0.4 is 9.80 Å². The number of benzene rings is 3. The van der Waals surface area contributed by atoms with Crippen LogP contribution in [0.5, 0.6) is 0 Å². The third kappa shape index (κ3) is 2.93. The van der Waals surface area contributed by atoms with E-state index in [-0.39, 0.29) is 17.0 Å². The second kappa shape index (κ2) is 8.80. The third-order valence-corrected chi connectivity index (χ3v) is 10.9. The first-order valence-electron chi connectivity index (χ1n) is 15.9. The Balaban J connectivity index is 1.43. The molecule has 3 aromatic carbocycles. The van der Waals surface area contributed by atoms with Gasteiger partial charge in [0, 0.05) is 27.8 Å². The highest BCUT2D eigenvalue weighted by molar-refractivity contribution is 5.92. The summed E-state index contributed by atoms with van der Waals surface area (Å²) in [5.41, 5.74) is 12.3. The Hall–Kier alpha value is -3.92. The van der Waals surface area contributed by atoms with Crippen LogP contribution in [0.25, 0.3) is 11.3 Å². The zero-order chi connectivity index (χ0) is 29.0. The maximum Gasteiger partial charge on any atom is 0.179 e. The van der Waals surface area contributed by atoms with Crippen molar-refractivity contribution in [3.63, 3.8) is 0 Å². The Morgan fingerprint density at radius 2 is 1.45 bits per heavy atom. The van der Waals surface area contributed by atoms with Crippen molar-refractivity contribution in [2.75, 3.05) is 9.80 Å². The van der Waals surface area contributed by atoms with E-state index in [0.717, 1.165) is 30.2 Å². The summed E-state index contributed by atoms with van der Waals surface area (Å²) >= 11 is 0. The van der Waals surface area contributed by atoms with Crippen LogP contribution in [-0.4, -0.2) is 16.1 Å². The molecule has 3 heterocycles. The zero-order valence-electron chi connectivity index (χ0n) is 25.6. The van der Waals surface area contributed by atoms with E-state index in [4.69, 9.17) is 9.97 Å². The number of nitrogens with zero attached hydrogens (tertiary/aromatic N) is 4. The molecule has 0 saturated heterocycles. The van der Waals surface area contributed by atoms with Crippen molar-refractivity contribution < 1.29 is 0 Å². The Kier molecular flexibility index (Phi) is 5.40. The van der Waals surface area contributed by atoms with Gasteiger partial charge in [0.15, 0.2) is 11.6 Å². The number of rotatable bonds is 6.